The van der Waals surface area contributed by atoms with E-state index in [1.807, 2.05) is 18.3 Å². The maximum absolute atomic E-state index is 5.51. The van der Waals surface area contributed by atoms with Gasteiger partial charge in [0.15, 0.2) is 5.96 Å². The lowest BCUT2D eigenvalue weighted by molar-refractivity contribution is 0.312. The van der Waals surface area contributed by atoms with Crippen LogP contribution in [0.4, 0.5) is 5.82 Å². The van der Waals surface area contributed by atoms with E-state index in [9.17, 15) is 0 Å². The SMILES string of the molecule is CCNC(=NCc1ccc(C)cc1OC)NCc1cccnc1N1CCN(C)CC1. The van der Waals surface area contributed by atoms with E-state index in [-0.39, 0.29) is 0 Å². The highest BCUT2D eigenvalue weighted by Gasteiger charge is 2.18. The third kappa shape index (κ3) is 5.86. The number of nitrogens with zero attached hydrogens (tertiary/aromatic N) is 4. The third-order valence-corrected chi connectivity index (χ3v) is 5.31. The summed E-state index contributed by atoms with van der Waals surface area (Å²) in [5, 5.41) is 6.80. The Hall–Kier alpha value is -2.80. The number of methoxy groups -OCH3 is 1. The first-order valence-corrected chi connectivity index (χ1v) is 10.6. The zero-order chi connectivity index (χ0) is 21.3. The lowest BCUT2D eigenvalue weighted by Gasteiger charge is -2.34. The van der Waals surface area contributed by atoms with Crippen LogP contribution in [0.5, 0.6) is 5.75 Å². The van der Waals surface area contributed by atoms with Crippen LogP contribution in [0, 0.1) is 6.92 Å². The maximum Gasteiger partial charge on any atom is 0.191 e. The van der Waals surface area contributed by atoms with Gasteiger partial charge in [-0.05, 0) is 38.6 Å². The molecule has 1 aromatic heterocycles. The fourth-order valence-electron chi connectivity index (χ4n) is 3.54. The van der Waals surface area contributed by atoms with Crippen LogP contribution in [0.1, 0.15) is 23.6 Å². The van der Waals surface area contributed by atoms with E-state index in [0.29, 0.717) is 13.1 Å². The first kappa shape index (κ1) is 21.9. The summed E-state index contributed by atoms with van der Waals surface area (Å²) in [5.74, 6) is 2.72. The van der Waals surface area contributed by atoms with E-state index in [0.717, 1.165) is 55.8 Å². The van der Waals surface area contributed by atoms with Crippen LogP contribution in [0.25, 0.3) is 0 Å². The van der Waals surface area contributed by atoms with E-state index in [1.54, 1.807) is 7.11 Å². The first-order chi connectivity index (χ1) is 14.6. The molecule has 0 radical (unpaired) electrons. The van der Waals surface area contributed by atoms with Gasteiger partial charge in [0.2, 0.25) is 0 Å². The van der Waals surface area contributed by atoms with Crippen LogP contribution in [0.3, 0.4) is 0 Å². The number of ether oxygens (including phenoxy) is 1. The Morgan fingerprint density at radius 3 is 2.67 bits per heavy atom. The second kappa shape index (κ2) is 10.8. The summed E-state index contributed by atoms with van der Waals surface area (Å²) >= 11 is 0. The summed E-state index contributed by atoms with van der Waals surface area (Å²) in [6.07, 6.45) is 1.88. The van der Waals surface area contributed by atoms with E-state index in [1.165, 1.54) is 11.1 Å². The quantitative estimate of drug-likeness (QED) is 0.540. The maximum atomic E-state index is 5.51. The Balaban J connectivity index is 1.69. The molecule has 1 aliphatic heterocycles. The summed E-state index contributed by atoms with van der Waals surface area (Å²) in [6.45, 7) is 10.3. The van der Waals surface area contributed by atoms with E-state index in [2.05, 4.69) is 64.5 Å². The van der Waals surface area contributed by atoms with Crippen molar-refractivity contribution >= 4 is 11.8 Å². The molecule has 0 spiro atoms. The molecule has 0 atom stereocenters. The summed E-state index contributed by atoms with van der Waals surface area (Å²) < 4.78 is 5.51. The minimum atomic E-state index is 0.553. The Morgan fingerprint density at radius 1 is 1.13 bits per heavy atom. The van der Waals surface area contributed by atoms with Crippen LogP contribution in [0.2, 0.25) is 0 Å². The zero-order valence-corrected chi connectivity index (χ0v) is 18.6. The molecular weight excluding hydrogens is 376 g/mol. The smallest absolute Gasteiger partial charge is 0.191 e. The Morgan fingerprint density at radius 2 is 1.93 bits per heavy atom. The molecule has 3 rings (SSSR count). The van der Waals surface area contributed by atoms with Gasteiger partial charge in [0, 0.05) is 56.6 Å². The number of pyridine rings is 1. The molecule has 0 aliphatic carbocycles. The summed E-state index contributed by atoms with van der Waals surface area (Å²) in [6, 6.07) is 10.3. The van der Waals surface area contributed by atoms with Gasteiger partial charge in [-0.1, -0.05) is 18.2 Å². The van der Waals surface area contributed by atoms with Crippen LogP contribution < -0.4 is 20.3 Å². The molecule has 1 aliphatic rings. The number of hydrogen-bond donors (Lipinski definition) is 2. The molecule has 7 nitrogen and oxygen atoms in total. The molecule has 7 heteroatoms. The highest BCUT2D eigenvalue weighted by atomic mass is 16.5. The lowest BCUT2D eigenvalue weighted by atomic mass is 10.1. The molecule has 162 valence electrons. The van der Waals surface area contributed by atoms with Gasteiger partial charge < -0.3 is 25.2 Å². The van der Waals surface area contributed by atoms with Crippen molar-refractivity contribution < 1.29 is 4.74 Å². The summed E-state index contributed by atoms with van der Waals surface area (Å²) in [5.41, 5.74) is 3.43. The van der Waals surface area contributed by atoms with E-state index >= 15 is 0 Å². The van der Waals surface area contributed by atoms with Gasteiger partial charge in [0.1, 0.15) is 11.6 Å². The Bertz CT molecular complexity index is 845. The van der Waals surface area contributed by atoms with Crippen LogP contribution >= 0.6 is 0 Å². The topological polar surface area (TPSA) is 65.0 Å². The average molecular weight is 411 g/mol. The number of piperazine rings is 1. The van der Waals surface area contributed by atoms with Crippen molar-refractivity contribution in [2.45, 2.75) is 26.9 Å². The molecule has 1 fully saturated rings. The molecule has 1 saturated heterocycles. The number of nitrogens with one attached hydrogen (secondary N) is 2. The highest BCUT2D eigenvalue weighted by molar-refractivity contribution is 5.80. The molecule has 2 N–H and O–H groups in total. The number of aliphatic imine (C=N–C) groups is 1. The summed E-state index contributed by atoms with van der Waals surface area (Å²) in [7, 11) is 3.87. The van der Waals surface area contributed by atoms with Crippen molar-refractivity contribution in [1.29, 1.82) is 0 Å². The van der Waals surface area contributed by atoms with Crippen molar-refractivity contribution in [2.75, 3.05) is 51.8 Å². The molecule has 0 amide bonds. The number of aryl methyl sites for hydroxylation is 1. The zero-order valence-electron chi connectivity index (χ0n) is 18.6. The molecule has 0 bridgehead atoms. The molecule has 0 saturated carbocycles. The molecule has 0 unspecified atom stereocenters. The minimum Gasteiger partial charge on any atom is -0.496 e. The molecule has 1 aromatic carbocycles. The Labute approximate surface area is 180 Å². The van der Waals surface area contributed by atoms with Crippen LogP contribution in [-0.4, -0.2) is 62.7 Å². The molecule has 2 heterocycles. The Kier molecular flexibility index (Phi) is 7.90. The third-order valence-electron chi connectivity index (χ3n) is 5.31. The van der Waals surface area contributed by atoms with Crippen molar-refractivity contribution in [2.24, 2.45) is 4.99 Å². The normalized spacial score (nSPS) is 15.2. The van der Waals surface area contributed by atoms with Gasteiger partial charge in [0.05, 0.1) is 13.7 Å². The second-order valence-electron chi connectivity index (χ2n) is 7.64. The number of guanidine groups is 1. The number of aromatic nitrogens is 1. The standard InChI is InChI=1S/C23H34N6O/c1-5-24-23(26-16-19-9-8-18(2)15-21(19)30-4)27-17-20-7-6-10-25-22(20)29-13-11-28(3)12-14-29/h6-10,15H,5,11-14,16-17H2,1-4H3,(H2,24,26,27). The van der Waals surface area contributed by atoms with Gasteiger partial charge in [0.25, 0.3) is 0 Å². The van der Waals surface area contributed by atoms with Crippen molar-refractivity contribution in [3.05, 3.63) is 53.2 Å². The highest BCUT2D eigenvalue weighted by Crippen LogP contribution is 2.21. The molecular formula is C23H34N6O. The lowest BCUT2D eigenvalue weighted by Crippen LogP contribution is -2.45. The van der Waals surface area contributed by atoms with E-state index < -0.39 is 0 Å². The van der Waals surface area contributed by atoms with Crippen LogP contribution in [0.15, 0.2) is 41.5 Å². The largest absolute Gasteiger partial charge is 0.496 e. The van der Waals surface area contributed by atoms with Gasteiger partial charge in [-0.2, -0.15) is 0 Å². The van der Waals surface area contributed by atoms with Crippen LogP contribution in [-0.2, 0) is 13.1 Å². The number of likely N-dealkylation sites (N-methyl/N-ethyl adjacent to an activating group) is 1. The fraction of sp³-hybridized carbons (Fsp3) is 0.478. The van der Waals surface area contributed by atoms with Gasteiger partial charge in [-0.3, -0.25) is 0 Å². The molecule has 2 aromatic rings. The number of hydrogen-bond acceptors (Lipinski definition) is 5. The fourth-order valence-corrected chi connectivity index (χ4v) is 3.54. The monoisotopic (exact) mass is 410 g/mol. The number of rotatable bonds is 7. The average Bonchev–Trinajstić information content (AvgIpc) is 2.77. The predicted octanol–water partition coefficient (Wildman–Crippen LogP) is 2.41. The van der Waals surface area contributed by atoms with E-state index in [4.69, 9.17) is 9.73 Å². The van der Waals surface area contributed by atoms with Gasteiger partial charge >= 0.3 is 0 Å². The van der Waals surface area contributed by atoms with Gasteiger partial charge in [-0.15, -0.1) is 0 Å². The predicted molar refractivity (Wildman–Crippen MR) is 123 cm³/mol. The number of anilines is 1. The number of benzene rings is 1. The summed E-state index contributed by atoms with van der Waals surface area (Å²) in [4.78, 5) is 14.2. The molecule has 30 heavy (non-hydrogen) atoms. The van der Waals surface area contributed by atoms with Crippen molar-refractivity contribution in [1.82, 2.24) is 20.5 Å². The van der Waals surface area contributed by atoms with Crippen molar-refractivity contribution in [3.63, 3.8) is 0 Å². The van der Waals surface area contributed by atoms with Gasteiger partial charge in [-0.25, -0.2) is 9.98 Å². The second-order valence-corrected chi connectivity index (χ2v) is 7.64. The minimum absolute atomic E-state index is 0.553. The van der Waals surface area contributed by atoms with Crippen molar-refractivity contribution in [3.8, 4) is 5.75 Å². The first-order valence-electron chi connectivity index (χ1n) is 10.6.